The van der Waals surface area contributed by atoms with Crippen molar-refractivity contribution >= 4 is 39.1 Å². The monoisotopic (exact) mass is 463 g/mol. The molecule has 1 amide bonds. The quantitative estimate of drug-likeness (QED) is 0.676. The van der Waals surface area contributed by atoms with Crippen molar-refractivity contribution in [2.24, 2.45) is 4.40 Å². The summed E-state index contributed by atoms with van der Waals surface area (Å²) in [7, 11) is -1.14. The lowest BCUT2D eigenvalue weighted by molar-refractivity contribution is -0.113. The fourth-order valence-corrected chi connectivity index (χ4v) is 4.53. The molecule has 0 saturated carbocycles. The minimum Gasteiger partial charge on any atom is -0.493 e. The molecule has 0 aromatic heterocycles. The first kappa shape index (κ1) is 22.6. The Kier molecular flexibility index (Phi) is 6.87. The molecule has 0 fully saturated rings. The molecular weight excluding hydrogens is 442 g/mol. The first-order valence-corrected chi connectivity index (χ1v) is 11.2. The van der Waals surface area contributed by atoms with Gasteiger partial charge in [0.15, 0.2) is 11.5 Å². The third-order valence-electron chi connectivity index (χ3n) is 4.46. The van der Waals surface area contributed by atoms with Crippen molar-refractivity contribution in [3.63, 3.8) is 0 Å². The van der Waals surface area contributed by atoms with Crippen LogP contribution in [0.1, 0.15) is 18.9 Å². The van der Waals surface area contributed by atoms with E-state index in [1.807, 2.05) is 6.92 Å². The number of hydrogen-bond donors (Lipinski definition) is 1. The minimum atomic E-state index is -4.12. The SMILES string of the molecule is CCCN1C(C(=O)Nc2cccc(Cl)c2)=CC(c2ccc(OC)c(OC)c2)=NS1(=O)=O. The molecule has 2 aromatic rings. The minimum absolute atomic E-state index is 0.0402. The highest BCUT2D eigenvalue weighted by atomic mass is 35.5. The molecule has 1 N–H and O–H groups in total. The average Bonchev–Trinajstić information content (AvgIpc) is 2.74. The molecule has 2 aromatic carbocycles. The molecule has 0 aliphatic carbocycles. The standard InChI is InChI=1S/C21H22ClN3O5S/c1-4-10-25-18(21(26)23-16-7-5-6-15(22)12-16)13-17(24-31(25,27)28)14-8-9-19(29-2)20(11-14)30-3/h5-9,11-13H,4,10H2,1-3H3,(H,23,26). The van der Waals surface area contributed by atoms with Gasteiger partial charge in [0.2, 0.25) is 0 Å². The van der Waals surface area contributed by atoms with E-state index in [4.69, 9.17) is 21.1 Å². The highest BCUT2D eigenvalue weighted by Gasteiger charge is 2.32. The van der Waals surface area contributed by atoms with Crippen LogP contribution in [0.3, 0.4) is 0 Å². The topological polar surface area (TPSA) is 97.3 Å². The van der Waals surface area contributed by atoms with Gasteiger partial charge in [-0.3, -0.25) is 4.79 Å². The Morgan fingerprint density at radius 2 is 1.87 bits per heavy atom. The van der Waals surface area contributed by atoms with Gasteiger partial charge in [0.1, 0.15) is 5.70 Å². The summed E-state index contributed by atoms with van der Waals surface area (Å²) in [6.07, 6.45) is 1.94. The number of carbonyl (C=O) groups is 1. The van der Waals surface area contributed by atoms with Crippen molar-refractivity contribution in [1.29, 1.82) is 0 Å². The Morgan fingerprint density at radius 1 is 1.13 bits per heavy atom. The third kappa shape index (κ3) is 5.00. The Hall–Kier alpha value is -3.04. The van der Waals surface area contributed by atoms with Gasteiger partial charge in [0, 0.05) is 22.8 Å². The van der Waals surface area contributed by atoms with Crippen LogP contribution in [-0.2, 0) is 15.0 Å². The summed E-state index contributed by atoms with van der Waals surface area (Å²) in [5, 5.41) is 3.14. The lowest BCUT2D eigenvalue weighted by Crippen LogP contribution is -2.38. The second kappa shape index (κ2) is 9.40. The summed E-state index contributed by atoms with van der Waals surface area (Å²) in [6.45, 7) is 1.93. The van der Waals surface area contributed by atoms with Gasteiger partial charge in [0.05, 0.1) is 19.9 Å². The van der Waals surface area contributed by atoms with Crippen LogP contribution < -0.4 is 14.8 Å². The summed E-state index contributed by atoms with van der Waals surface area (Å²) in [4.78, 5) is 13.0. The Bertz CT molecular complexity index is 1160. The second-order valence-electron chi connectivity index (χ2n) is 6.59. The van der Waals surface area contributed by atoms with Crippen molar-refractivity contribution in [1.82, 2.24) is 4.31 Å². The summed E-state index contributed by atoms with van der Waals surface area (Å²) in [6, 6.07) is 11.5. The van der Waals surface area contributed by atoms with Crippen LogP contribution in [0, 0.1) is 0 Å². The maximum atomic E-state index is 13.0. The summed E-state index contributed by atoms with van der Waals surface area (Å²) in [5.41, 5.74) is 0.985. The third-order valence-corrected chi connectivity index (χ3v) is 6.05. The molecule has 10 heteroatoms. The number of allylic oxidation sites excluding steroid dienone is 1. The number of amides is 1. The van der Waals surface area contributed by atoms with E-state index >= 15 is 0 Å². The number of nitrogens with one attached hydrogen (secondary N) is 1. The smallest absolute Gasteiger partial charge is 0.345 e. The zero-order chi connectivity index (χ0) is 22.6. The highest BCUT2D eigenvalue weighted by Crippen LogP contribution is 2.30. The maximum absolute atomic E-state index is 13.0. The van der Waals surface area contributed by atoms with E-state index in [2.05, 4.69) is 9.71 Å². The highest BCUT2D eigenvalue weighted by molar-refractivity contribution is 7.88. The zero-order valence-corrected chi connectivity index (χ0v) is 18.8. The molecule has 0 spiro atoms. The Balaban J connectivity index is 2.05. The van der Waals surface area contributed by atoms with E-state index in [0.717, 1.165) is 4.31 Å². The second-order valence-corrected chi connectivity index (χ2v) is 8.55. The lowest BCUT2D eigenvalue weighted by atomic mass is 10.1. The van der Waals surface area contributed by atoms with E-state index in [1.54, 1.807) is 42.5 Å². The van der Waals surface area contributed by atoms with Gasteiger partial charge in [0.25, 0.3) is 5.91 Å². The van der Waals surface area contributed by atoms with Gasteiger partial charge in [-0.25, -0.2) is 4.31 Å². The molecule has 0 unspecified atom stereocenters. The van der Waals surface area contributed by atoms with Crippen LogP contribution in [0.2, 0.25) is 5.02 Å². The predicted octanol–water partition coefficient (Wildman–Crippen LogP) is 3.64. The number of hydrogen-bond acceptors (Lipinski definition) is 5. The van der Waals surface area contributed by atoms with Crippen molar-refractivity contribution in [2.75, 3.05) is 26.1 Å². The fourth-order valence-electron chi connectivity index (χ4n) is 3.04. The van der Waals surface area contributed by atoms with E-state index in [-0.39, 0.29) is 18.0 Å². The number of benzene rings is 2. The van der Waals surface area contributed by atoms with Gasteiger partial charge >= 0.3 is 10.2 Å². The van der Waals surface area contributed by atoms with Gasteiger partial charge in [-0.15, -0.1) is 4.40 Å². The Morgan fingerprint density at radius 3 is 2.52 bits per heavy atom. The van der Waals surface area contributed by atoms with Crippen LogP contribution in [0.25, 0.3) is 0 Å². The van der Waals surface area contributed by atoms with Gasteiger partial charge in [-0.1, -0.05) is 24.6 Å². The predicted molar refractivity (Wildman–Crippen MR) is 120 cm³/mol. The van der Waals surface area contributed by atoms with Crippen LogP contribution >= 0.6 is 11.6 Å². The molecule has 31 heavy (non-hydrogen) atoms. The van der Waals surface area contributed by atoms with E-state index in [9.17, 15) is 13.2 Å². The molecule has 3 rings (SSSR count). The maximum Gasteiger partial charge on any atom is 0.345 e. The summed E-state index contributed by atoms with van der Waals surface area (Å²) < 4.78 is 41.2. The molecule has 1 heterocycles. The molecule has 164 valence electrons. The number of carbonyl (C=O) groups excluding carboxylic acids is 1. The lowest BCUT2D eigenvalue weighted by Gasteiger charge is -2.27. The molecule has 0 atom stereocenters. The normalized spacial score (nSPS) is 15.0. The molecular formula is C21H22ClN3O5S. The number of halogens is 1. The molecule has 0 bridgehead atoms. The summed E-state index contributed by atoms with van der Waals surface area (Å²) in [5.74, 6) is 0.308. The molecule has 8 nitrogen and oxygen atoms in total. The molecule has 1 aliphatic heterocycles. The van der Waals surface area contributed by atoms with Crippen LogP contribution in [0.4, 0.5) is 5.69 Å². The van der Waals surface area contributed by atoms with Crippen LogP contribution in [0.15, 0.2) is 58.6 Å². The first-order chi connectivity index (χ1) is 14.8. The van der Waals surface area contributed by atoms with Crippen molar-refractivity contribution < 1.29 is 22.7 Å². The van der Waals surface area contributed by atoms with E-state index in [1.165, 1.54) is 20.3 Å². The van der Waals surface area contributed by atoms with E-state index < -0.39 is 16.1 Å². The zero-order valence-electron chi connectivity index (χ0n) is 17.3. The molecule has 1 aliphatic rings. The molecule has 0 saturated heterocycles. The number of methoxy groups -OCH3 is 2. The number of nitrogens with zero attached hydrogens (tertiary/aromatic N) is 2. The van der Waals surface area contributed by atoms with Crippen molar-refractivity contribution in [2.45, 2.75) is 13.3 Å². The summed E-state index contributed by atoms with van der Waals surface area (Å²) >= 11 is 5.98. The van der Waals surface area contributed by atoms with Gasteiger partial charge in [-0.05, 0) is 48.9 Å². The van der Waals surface area contributed by atoms with Crippen LogP contribution in [-0.4, -0.2) is 45.1 Å². The van der Waals surface area contributed by atoms with Gasteiger partial charge in [-0.2, -0.15) is 8.42 Å². The van der Waals surface area contributed by atoms with Crippen molar-refractivity contribution in [3.8, 4) is 11.5 Å². The van der Waals surface area contributed by atoms with Crippen molar-refractivity contribution in [3.05, 3.63) is 64.8 Å². The fraction of sp³-hybridized carbons (Fsp3) is 0.238. The number of rotatable bonds is 7. The molecule has 0 radical (unpaired) electrons. The van der Waals surface area contributed by atoms with Gasteiger partial charge < -0.3 is 14.8 Å². The average molecular weight is 464 g/mol. The largest absolute Gasteiger partial charge is 0.493 e. The van der Waals surface area contributed by atoms with E-state index in [0.29, 0.717) is 34.2 Å². The first-order valence-electron chi connectivity index (χ1n) is 9.42. The number of anilines is 1. The van der Waals surface area contributed by atoms with Crippen LogP contribution in [0.5, 0.6) is 11.5 Å². The number of ether oxygens (including phenoxy) is 2. The Labute approximate surface area is 186 Å².